The summed E-state index contributed by atoms with van der Waals surface area (Å²) in [7, 11) is -1.22. The molecule has 0 saturated heterocycles. The average molecular weight is 490 g/mol. The molecule has 0 saturated carbocycles. The van der Waals surface area contributed by atoms with Gasteiger partial charge in [0, 0.05) is 0 Å². The minimum atomic E-state index is -2.20. The molecule has 0 aromatic rings. The molecule has 0 nitrogen and oxygen atoms in total. The van der Waals surface area contributed by atoms with Crippen LogP contribution < -0.4 is 0 Å². The van der Waals surface area contributed by atoms with Gasteiger partial charge in [-0.25, -0.2) is 0 Å². The molecular formula is C17H39BPbSi. The van der Waals surface area contributed by atoms with Gasteiger partial charge >= 0.3 is 136 Å². The molecule has 0 spiro atoms. The Morgan fingerprint density at radius 3 is 1.30 bits per heavy atom. The van der Waals surface area contributed by atoms with Crippen molar-refractivity contribution >= 4 is 36.0 Å². The Balaban J connectivity index is 6.38. The number of rotatable bonds is 6. The molecule has 0 aromatic carbocycles. The molecule has 0 atom stereocenters. The van der Waals surface area contributed by atoms with Crippen LogP contribution in [-0.4, -0.2) is 36.0 Å². The van der Waals surface area contributed by atoms with Crippen molar-refractivity contribution in [2.45, 2.75) is 86.3 Å². The van der Waals surface area contributed by atoms with E-state index in [0.717, 1.165) is 18.3 Å². The van der Waals surface area contributed by atoms with Gasteiger partial charge in [-0.2, -0.15) is 0 Å². The summed E-state index contributed by atoms with van der Waals surface area (Å²) in [5, 5.41) is 0. The fraction of sp³-hybridized carbons (Fsp3) is 0.882. The molecule has 0 aliphatic rings. The SMILES string of the molecule is CC(C)B(/C(=[C](/[Si](C)(C)C)[Pb]([CH3])([CH3])[CH3])C(C)C)C(C)C. The molecule has 0 rings (SSSR count). The molecular weight excluding hydrogens is 450 g/mol. The third-order valence-corrected chi connectivity index (χ3v) is 28.3. The first-order valence-electron chi connectivity index (χ1n) is 8.46. The molecule has 0 aliphatic carbocycles. The Kier molecular flexibility index (Phi) is 7.83. The van der Waals surface area contributed by atoms with Crippen LogP contribution in [0.3, 0.4) is 0 Å². The van der Waals surface area contributed by atoms with Crippen molar-refractivity contribution in [2.75, 3.05) is 0 Å². The van der Waals surface area contributed by atoms with Gasteiger partial charge < -0.3 is 0 Å². The third kappa shape index (κ3) is 5.62. The fourth-order valence-electron chi connectivity index (χ4n) is 4.32. The molecule has 0 N–H and O–H groups in total. The van der Waals surface area contributed by atoms with Crippen molar-refractivity contribution in [3.63, 3.8) is 0 Å². The van der Waals surface area contributed by atoms with Gasteiger partial charge in [0.15, 0.2) is 0 Å². The zero-order valence-electron chi connectivity index (χ0n) is 16.3. The Morgan fingerprint density at radius 2 is 1.15 bits per heavy atom. The second-order valence-electron chi connectivity index (χ2n) is 9.50. The summed E-state index contributed by atoms with van der Waals surface area (Å²) in [5.74, 6) is 2.23. The molecule has 0 bridgehead atoms. The van der Waals surface area contributed by atoms with Crippen LogP contribution in [0.25, 0.3) is 0 Å². The van der Waals surface area contributed by atoms with Crippen molar-refractivity contribution in [3.05, 3.63) is 8.23 Å². The van der Waals surface area contributed by atoms with E-state index in [1.54, 1.807) is 0 Å². The molecule has 0 fully saturated rings. The van der Waals surface area contributed by atoms with Gasteiger partial charge in [-0.3, -0.25) is 0 Å². The summed E-state index contributed by atoms with van der Waals surface area (Å²) in [5.41, 5.74) is 1.88. The first-order chi connectivity index (χ1) is 8.71. The zero-order chi connectivity index (χ0) is 16.5. The summed E-state index contributed by atoms with van der Waals surface area (Å²) < 4.78 is 9.95. The second-order valence-corrected chi connectivity index (χ2v) is 35.9. The molecule has 0 radical (unpaired) electrons. The van der Waals surface area contributed by atoms with Crippen LogP contribution in [0.4, 0.5) is 0 Å². The predicted octanol–water partition coefficient (Wildman–Crippen LogP) is 6.55. The van der Waals surface area contributed by atoms with Gasteiger partial charge in [0.1, 0.15) is 0 Å². The summed E-state index contributed by atoms with van der Waals surface area (Å²) >= 11 is -2.20. The van der Waals surface area contributed by atoms with Gasteiger partial charge in [-0.15, -0.1) is 0 Å². The van der Waals surface area contributed by atoms with E-state index in [4.69, 9.17) is 0 Å². The molecule has 20 heavy (non-hydrogen) atoms. The topological polar surface area (TPSA) is 0 Å². The average Bonchev–Trinajstić information content (AvgIpc) is 2.10. The first-order valence-corrected chi connectivity index (χ1v) is 25.6. The van der Waals surface area contributed by atoms with Gasteiger partial charge in [0.05, 0.1) is 0 Å². The third-order valence-electron chi connectivity index (χ3n) is 4.21. The van der Waals surface area contributed by atoms with E-state index in [2.05, 4.69) is 74.6 Å². The Bertz CT molecular complexity index is 319. The van der Waals surface area contributed by atoms with E-state index < -0.39 is 29.2 Å². The fourth-order valence-corrected chi connectivity index (χ4v) is 39.3. The predicted molar refractivity (Wildman–Crippen MR) is 105 cm³/mol. The van der Waals surface area contributed by atoms with Crippen LogP contribution in [0.15, 0.2) is 8.23 Å². The molecule has 0 amide bonds. The minimum absolute atomic E-state index is 0.714. The van der Waals surface area contributed by atoms with Crippen molar-refractivity contribution in [3.8, 4) is 0 Å². The molecule has 118 valence electrons. The monoisotopic (exact) mass is 490 g/mol. The van der Waals surface area contributed by atoms with Crippen molar-refractivity contribution in [1.82, 2.24) is 0 Å². The van der Waals surface area contributed by atoms with Crippen LogP contribution >= 0.6 is 0 Å². The van der Waals surface area contributed by atoms with E-state index >= 15 is 0 Å². The van der Waals surface area contributed by atoms with Crippen molar-refractivity contribution in [1.29, 1.82) is 0 Å². The van der Waals surface area contributed by atoms with Gasteiger partial charge in [0.2, 0.25) is 0 Å². The zero-order valence-corrected chi connectivity index (χ0v) is 21.2. The summed E-state index contributed by atoms with van der Waals surface area (Å²) in [6, 6.07) is 0. The van der Waals surface area contributed by atoms with Crippen LogP contribution in [0.5, 0.6) is 0 Å². The van der Waals surface area contributed by atoms with Crippen LogP contribution in [0, 0.1) is 5.92 Å². The maximum atomic E-state index is 2.64. The Hall–Kier alpha value is 0.944. The summed E-state index contributed by atoms with van der Waals surface area (Å²) in [6.07, 6.45) is 0. The van der Waals surface area contributed by atoms with Gasteiger partial charge in [-0.05, 0) is 0 Å². The Labute approximate surface area is 135 Å². The molecule has 0 unspecified atom stereocenters. The van der Waals surface area contributed by atoms with Crippen molar-refractivity contribution in [2.24, 2.45) is 5.92 Å². The van der Waals surface area contributed by atoms with E-state index in [-0.39, 0.29) is 0 Å². The van der Waals surface area contributed by atoms with E-state index in [1.807, 2.05) is 8.23 Å². The Morgan fingerprint density at radius 1 is 0.800 bits per heavy atom. The first kappa shape index (κ1) is 20.9. The van der Waals surface area contributed by atoms with Crippen LogP contribution in [0.2, 0.25) is 44.7 Å². The quantitative estimate of drug-likeness (QED) is 0.371. The number of hydrogen-bond donors (Lipinski definition) is 0. The van der Waals surface area contributed by atoms with E-state index in [9.17, 15) is 0 Å². The molecule has 0 aliphatic heterocycles. The maximum absolute atomic E-state index is 2.64. The standard InChI is InChI=1S/C14H30BSi.3CH3.Pb/c1-11(2)14(10-16(7,8)9)15(12(3)4)13(5)6;;;;/h11-13H,1-9H3;3*1H3;. The summed E-state index contributed by atoms with van der Waals surface area (Å²) in [4.78, 5) is 0. The number of hydrogen-bond acceptors (Lipinski definition) is 0. The van der Waals surface area contributed by atoms with Crippen LogP contribution in [-0.2, 0) is 0 Å². The van der Waals surface area contributed by atoms with Gasteiger partial charge in [0.25, 0.3) is 0 Å². The second kappa shape index (κ2) is 7.47. The van der Waals surface area contributed by atoms with E-state index in [0.29, 0.717) is 5.92 Å². The molecule has 0 heterocycles. The van der Waals surface area contributed by atoms with Crippen molar-refractivity contribution < 1.29 is 0 Å². The van der Waals surface area contributed by atoms with Crippen LogP contribution in [0.1, 0.15) is 41.5 Å². The van der Waals surface area contributed by atoms with Gasteiger partial charge in [-0.1, -0.05) is 0 Å². The van der Waals surface area contributed by atoms with E-state index in [1.165, 1.54) is 0 Å². The molecule has 3 heteroatoms. The normalized spacial score (nSPS) is 15.2. The summed E-state index contributed by atoms with van der Waals surface area (Å²) in [6.45, 7) is 23.1. The molecule has 0 aromatic heterocycles. The number of allylic oxidation sites excluding steroid dienone is 1.